The molecule has 10 heavy (non-hydrogen) atoms. The maximum absolute atomic E-state index is 9.99. The van der Waals surface area contributed by atoms with Crippen molar-refractivity contribution < 1.29 is 4.92 Å². The van der Waals surface area contributed by atoms with Crippen molar-refractivity contribution in [1.82, 2.24) is 4.90 Å². The highest BCUT2D eigenvalue weighted by Crippen LogP contribution is 2.25. The molecule has 1 saturated heterocycles. The minimum Gasteiger partial charge on any atom is -0.364 e. The lowest BCUT2D eigenvalue weighted by atomic mass is 10.6. The van der Waals surface area contributed by atoms with E-state index in [1.807, 2.05) is 11.9 Å². The molecule has 0 aromatic rings. The third kappa shape index (κ3) is 1.63. The normalized spacial score (nSPS) is 22.1. The van der Waals surface area contributed by atoms with Crippen LogP contribution in [0.2, 0.25) is 0 Å². The fourth-order valence-corrected chi connectivity index (χ4v) is 1.78. The fourth-order valence-electron chi connectivity index (χ4n) is 0.734. The second-order valence-corrected chi connectivity index (χ2v) is 3.14. The molecule has 0 atom stereocenters. The molecular formula is C5H8N2O2S. The van der Waals surface area contributed by atoms with E-state index in [0.717, 1.165) is 23.5 Å². The molecule has 5 heteroatoms. The highest BCUT2D eigenvalue weighted by Gasteiger charge is 2.15. The van der Waals surface area contributed by atoms with Crippen LogP contribution in [-0.4, -0.2) is 29.2 Å². The predicted molar refractivity (Wildman–Crippen MR) is 40.2 cm³/mol. The zero-order valence-electron chi connectivity index (χ0n) is 5.61. The summed E-state index contributed by atoms with van der Waals surface area (Å²) in [7, 11) is 1.86. The van der Waals surface area contributed by atoms with Crippen molar-refractivity contribution in [1.29, 1.82) is 0 Å². The fraction of sp³-hybridized carbons (Fsp3) is 0.600. The Kier molecular flexibility index (Phi) is 2.16. The molecule has 56 valence electrons. The Morgan fingerprint density at radius 3 is 3.00 bits per heavy atom. The van der Waals surface area contributed by atoms with Gasteiger partial charge in [0.2, 0.25) is 0 Å². The first-order chi connectivity index (χ1) is 4.70. The molecule has 1 rings (SSSR count). The molecule has 0 N–H and O–H groups in total. The van der Waals surface area contributed by atoms with Crippen LogP contribution in [0.25, 0.3) is 0 Å². The van der Waals surface area contributed by atoms with Crippen molar-refractivity contribution in [3.05, 3.63) is 21.3 Å². The van der Waals surface area contributed by atoms with Crippen LogP contribution in [0, 0.1) is 10.1 Å². The Morgan fingerprint density at radius 2 is 2.60 bits per heavy atom. The summed E-state index contributed by atoms with van der Waals surface area (Å²) in [5, 5.41) is 10.7. The van der Waals surface area contributed by atoms with Crippen LogP contribution in [0.3, 0.4) is 0 Å². The first kappa shape index (κ1) is 7.40. The number of rotatable bonds is 1. The third-order valence-electron chi connectivity index (χ3n) is 1.27. The van der Waals surface area contributed by atoms with Crippen LogP contribution in [0.5, 0.6) is 0 Å². The standard InChI is InChI=1S/C5H8N2O2S/c1-6-2-3-10-5(6)4-7(8)9/h4H,2-3H2,1H3/b5-4-. The molecule has 0 aliphatic carbocycles. The van der Waals surface area contributed by atoms with Gasteiger partial charge in [-0.25, -0.2) is 0 Å². The average Bonchev–Trinajstić information content (AvgIpc) is 2.15. The van der Waals surface area contributed by atoms with Gasteiger partial charge in [0, 0.05) is 19.3 Å². The molecule has 0 bridgehead atoms. The summed E-state index contributed by atoms with van der Waals surface area (Å²) in [5.41, 5.74) is 0. The van der Waals surface area contributed by atoms with E-state index in [-0.39, 0.29) is 0 Å². The molecule has 0 spiro atoms. The van der Waals surface area contributed by atoms with E-state index >= 15 is 0 Å². The van der Waals surface area contributed by atoms with Gasteiger partial charge in [0.1, 0.15) is 5.03 Å². The molecule has 1 aliphatic heterocycles. The monoisotopic (exact) mass is 160 g/mol. The molecule has 1 fully saturated rings. The molecule has 1 aliphatic rings. The van der Waals surface area contributed by atoms with Gasteiger partial charge in [0.25, 0.3) is 6.20 Å². The molecule has 0 radical (unpaired) electrons. The van der Waals surface area contributed by atoms with E-state index in [1.165, 1.54) is 11.8 Å². The highest BCUT2D eigenvalue weighted by atomic mass is 32.2. The number of hydrogen-bond acceptors (Lipinski definition) is 4. The maximum Gasteiger partial charge on any atom is 0.264 e. The zero-order chi connectivity index (χ0) is 7.56. The van der Waals surface area contributed by atoms with Crippen LogP contribution >= 0.6 is 11.8 Å². The van der Waals surface area contributed by atoms with E-state index in [9.17, 15) is 10.1 Å². The first-order valence-corrected chi connectivity index (χ1v) is 3.88. The highest BCUT2D eigenvalue weighted by molar-refractivity contribution is 8.03. The van der Waals surface area contributed by atoms with Crippen molar-refractivity contribution in [3.63, 3.8) is 0 Å². The third-order valence-corrected chi connectivity index (χ3v) is 2.37. The van der Waals surface area contributed by atoms with Gasteiger partial charge in [-0.15, -0.1) is 11.8 Å². The number of nitrogens with zero attached hydrogens (tertiary/aromatic N) is 2. The number of hydrogen-bond donors (Lipinski definition) is 0. The smallest absolute Gasteiger partial charge is 0.264 e. The Labute approximate surface area is 63.0 Å². The summed E-state index contributed by atoms with van der Waals surface area (Å²) < 4.78 is 0. The Morgan fingerprint density at radius 1 is 1.90 bits per heavy atom. The summed E-state index contributed by atoms with van der Waals surface area (Å²) in [6, 6.07) is 0. The van der Waals surface area contributed by atoms with Crippen molar-refractivity contribution in [2.75, 3.05) is 19.3 Å². The Bertz CT molecular complexity index is 180. The zero-order valence-corrected chi connectivity index (χ0v) is 6.43. The molecule has 0 aromatic heterocycles. The summed E-state index contributed by atoms with van der Waals surface area (Å²) >= 11 is 1.52. The van der Waals surface area contributed by atoms with E-state index in [4.69, 9.17) is 0 Å². The van der Waals surface area contributed by atoms with Crippen LogP contribution in [-0.2, 0) is 0 Å². The van der Waals surface area contributed by atoms with E-state index in [0.29, 0.717) is 0 Å². The molecule has 1 heterocycles. The summed E-state index contributed by atoms with van der Waals surface area (Å²) in [6.07, 6.45) is 1.05. The first-order valence-electron chi connectivity index (χ1n) is 2.89. The minimum atomic E-state index is -0.413. The molecule has 0 saturated carbocycles. The van der Waals surface area contributed by atoms with Gasteiger partial charge in [0.15, 0.2) is 0 Å². The quantitative estimate of drug-likeness (QED) is 0.419. The second-order valence-electron chi connectivity index (χ2n) is 2.02. The molecular weight excluding hydrogens is 152 g/mol. The topological polar surface area (TPSA) is 46.4 Å². The SMILES string of the molecule is CN1CCS/C1=C\[N+](=O)[O-]. The van der Waals surface area contributed by atoms with Crippen molar-refractivity contribution in [2.45, 2.75) is 0 Å². The van der Waals surface area contributed by atoms with Crippen LogP contribution in [0.15, 0.2) is 11.2 Å². The van der Waals surface area contributed by atoms with Gasteiger partial charge in [-0.1, -0.05) is 0 Å². The predicted octanol–water partition coefficient (Wildman–Crippen LogP) is 0.741. The molecule has 4 nitrogen and oxygen atoms in total. The van der Waals surface area contributed by atoms with Gasteiger partial charge in [-0.2, -0.15) is 0 Å². The van der Waals surface area contributed by atoms with Crippen molar-refractivity contribution >= 4 is 11.8 Å². The lowest BCUT2D eigenvalue weighted by molar-refractivity contribution is -0.403. The van der Waals surface area contributed by atoms with Gasteiger partial charge in [-0.3, -0.25) is 10.1 Å². The van der Waals surface area contributed by atoms with E-state index in [1.54, 1.807) is 0 Å². The van der Waals surface area contributed by atoms with Gasteiger partial charge in [0.05, 0.1) is 4.92 Å². The summed E-state index contributed by atoms with van der Waals surface area (Å²) in [4.78, 5) is 11.5. The molecule has 0 aromatic carbocycles. The average molecular weight is 160 g/mol. The summed E-state index contributed by atoms with van der Waals surface area (Å²) in [6.45, 7) is 0.907. The van der Waals surface area contributed by atoms with Crippen LogP contribution in [0.4, 0.5) is 0 Å². The summed E-state index contributed by atoms with van der Waals surface area (Å²) in [5.74, 6) is 0.955. The van der Waals surface area contributed by atoms with E-state index < -0.39 is 4.92 Å². The molecule has 0 unspecified atom stereocenters. The van der Waals surface area contributed by atoms with Crippen molar-refractivity contribution in [2.24, 2.45) is 0 Å². The van der Waals surface area contributed by atoms with Gasteiger partial charge < -0.3 is 4.90 Å². The van der Waals surface area contributed by atoms with E-state index in [2.05, 4.69) is 0 Å². The lowest BCUT2D eigenvalue weighted by Crippen LogP contribution is -2.11. The Balaban J connectivity index is 2.62. The second kappa shape index (κ2) is 2.92. The minimum absolute atomic E-state index is 0.413. The van der Waals surface area contributed by atoms with Crippen LogP contribution in [0.1, 0.15) is 0 Å². The number of thioether (sulfide) groups is 1. The lowest BCUT2D eigenvalue weighted by Gasteiger charge is -2.06. The maximum atomic E-state index is 9.99. The molecule has 0 amide bonds. The van der Waals surface area contributed by atoms with Gasteiger partial charge >= 0.3 is 0 Å². The van der Waals surface area contributed by atoms with Crippen LogP contribution < -0.4 is 0 Å². The largest absolute Gasteiger partial charge is 0.364 e. The van der Waals surface area contributed by atoms with Crippen molar-refractivity contribution in [3.8, 4) is 0 Å². The van der Waals surface area contributed by atoms with Gasteiger partial charge in [-0.05, 0) is 0 Å². The Hall–Kier alpha value is -0.710. The number of nitro groups is 1.